The van der Waals surface area contributed by atoms with E-state index in [1.54, 1.807) is 0 Å². The third kappa shape index (κ3) is 13.5. The molecule has 0 amide bonds. The van der Waals surface area contributed by atoms with E-state index in [9.17, 15) is 20.1 Å². The highest BCUT2D eigenvalue weighted by atomic mass is 16.7. The Hall–Kier alpha value is -0.990. The second-order valence-electron chi connectivity index (χ2n) is 21.9. The highest BCUT2D eigenvalue weighted by Crippen LogP contribution is 2.67. The van der Waals surface area contributed by atoms with E-state index < -0.39 is 30.7 Å². The number of allylic oxidation sites excluding steroid dienone is 1. The minimum atomic E-state index is -1.44. The highest BCUT2D eigenvalue weighted by Gasteiger charge is 2.59. The molecule has 1 saturated heterocycles. The molecule has 348 valence electrons. The number of fused-ring (bicyclic) bond motifs is 5. The zero-order valence-corrected chi connectivity index (χ0v) is 39.7. The van der Waals surface area contributed by atoms with Gasteiger partial charge in [-0.1, -0.05) is 175 Å². The summed E-state index contributed by atoms with van der Waals surface area (Å²) in [5.41, 5.74) is 2.15. The van der Waals surface area contributed by atoms with Crippen LogP contribution in [0.3, 0.4) is 0 Å². The van der Waals surface area contributed by atoms with Gasteiger partial charge in [-0.3, -0.25) is 4.79 Å². The Balaban J connectivity index is 0.974. The number of ether oxygens (including phenoxy) is 3. The van der Waals surface area contributed by atoms with Crippen LogP contribution in [0.25, 0.3) is 0 Å². The Kier molecular flexibility index (Phi) is 20.8. The monoisotopic (exact) mass is 843 g/mol. The summed E-state index contributed by atoms with van der Waals surface area (Å²) >= 11 is 0. The maximum absolute atomic E-state index is 12.6. The second-order valence-corrected chi connectivity index (χ2v) is 21.9. The van der Waals surface area contributed by atoms with E-state index in [1.807, 2.05) is 0 Å². The summed E-state index contributed by atoms with van der Waals surface area (Å²) in [5.74, 6) is 4.45. The number of rotatable bonds is 27. The molecule has 4 fully saturated rings. The van der Waals surface area contributed by atoms with Gasteiger partial charge in [0.05, 0.1) is 6.10 Å². The van der Waals surface area contributed by atoms with Crippen molar-refractivity contribution in [3.8, 4) is 0 Å². The molecule has 60 heavy (non-hydrogen) atoms. The molecule has 3 N–H and O–H groups in total. The van der Waals surface area contributed by atoms with Crippen LogP contribution in [0, 0.1) is 46.3 Å². The normalized spacial score (nSPS) is 35.7. The molecule has 0 radical (unpaired) electrons. The molecule has 1 aliphatic heterocycles. The SMILES string of the molecule is CCCCCCCCCCCCCCCCCCCC(=O)OCC1OC(OC2CCC3(C)C(=CCC4C3CCC3(C)C(C(C)CCCC(C)C)CCC43)C2)C(O)C(O)C1O. The summed E-state index contributed by atoms with van der Waals surface area (Å²) in [6.45, 7) is 14.5. The van der Waals surface area contributed by atoms with Crippen molar-refractivity contribution in [2.45, 2.75) is 265 Å². The van der Waals surface area contributed by atoms with Gasteiger partial charge in [-0.05, 0) is 104 Å². The van der Waals surface area contributed by atoms with Crippen molar-refractivity contribution in [2.24, 2.45) is 46.3 Å². The van der Waals surface area contributed by atoms with Crippen molar-refractivity contribution in [3.05, 3.63) is 11.6 Å². The van der Waals surface area contributed by atoms with E-state index in [-0.39, 0.29) is 24.1 Å². The van der Waals surface area contributed by atoms with Gasteiger partial charge in [0.25, 0.3) is 0 Å². The number of hydrogen-bond acceptors (Lipinski definition) is 7. The maximum atomic E-state index is 12.6. The summed E-state index contributed by atoms with van der Waals surface area (Å²) in [7, 11) is 0. The molecule has 3 saturated carbocycles. The van der Waals surface area contributed by atoms with Crippen molar-refractivity contribution in [3.63, 3.8) is 0 Å². The van der Waals surface area contributed by atoms with E-state index >= 15 is 0 Å². The fraction of sp³-hybridized carbons (Fsp3) is 0.943. The van der Waals surface area contributed by atoms with Gasteiger partial charge in [0, 0.05) is 6.42 Å². The number of carbonyl (C=O) groups excluding carboxylic acids is 1. The largest absolute Gasteiger partial charge is 0.463 e. The smallest absolute Gasteiger partial charge is 0.305 e. The van der Waals surface area contributed by atoms with Crippen LogP contribution < -0.4 is 0 Å². The Bertz CT molecular complexity index is 1270. The van der Waals surface area contributed by atoms with E-state index in [0.29, 0.717) is 17.8 Å². The van der Waals surface area contributed by atoms with Crippen LogP contribution in [-0.2, 0) is 19.0 Å². The van der Waals surface area contributed by atoms with Gasteiger partial charge >= 0.3 is 5.97 Å². The van der Waals surface area contributed by atoms with E-state index in [4.69, 9.17) is 14.2 Å². The zero-order chi connectivity index (χ0) is 43.1. The summed E-state index contributed by atoms with van der Waals surface area (Å²) in [4.78, 5) is 12.6. The van der Waals surface area contributed by atoms with Crippen LogP contribution in [0.2, 0.25) is 0 Å². The molecule has 1 heterocycles. The number of hydrogen-bond donors (Lipinski definition) is 3. The molecule has 0 aromatic carbocycles. The summed E-state index contributed by atoms with van der Waals surface area (Å²) in [6.07, 6.45) is 32.0. The lowest BCUT2D eigenvalue weighted by atomic mass is 9.47. The Morgan fingerprint density at radius 2 is 1.35 bits per heavy atom. The quantitative estimate of drug-likeness (QED) is 0.0430. The Morgan fingerprint density at radius 3 is 1.97 bits per heavy atom. The van der Waals surface area contributed by atoms with Crippen LogP contribution in [0.1, 0.15) is 228 Å². The lowest BCUT2D eigenvalue weighted by molar-refractivity contribution is -0.313. The van der Waals surface area contributed by atoms with Crippen LogP contribution in [-0.4, -0.2) is 64.7 Å². The van der Waals surface area contributed by atoms with Gasteiger partial charge in [-0.25, -0.2) is 0 Å². The third-order valence-corrected chi connectivity index (χ3v) is 17.1. The highest BCUT2D eigenvalue weighted by molar-refractivity contribution is 5.69. The van der Waals surface area contributed by atoms with E-state index in [0.717, 1.165) is 74.5 Å². The summed E-state index contributed by atoms with van der Waals surface area (Å²) in [6, 6.07) is 0. The molecule has 0 spiro atoms. The Labute approximate surface area is 368 Å². The summed E-state index contributed by atoms with van der Waals surface area (Å²) < 4.78 is 18.0. The van der Waals surface area contributed by atoms with Gasteiger partial charge < -0.3 is 29.5 Å². The predicted molar refractivity (Wildman–Crippen MR) is 244 cm³/mol. The first-order valence-corrected chi connectivity index (χ1v) is 26.1. The standard InChI is InChI=1S/C53H94O7/c1-7-8-9-10-11-12-13-14-15-16-17-18-19-20-21-22-23-27-47(54)58-37-46-48(55)49(56)50(57)51(60-46)59-41-32-34-52(5)40(36-41)28-29-42-44-31-30-43(39(4)26-24-25-38(2)3)53(44,6)35-33-45(42)52/h28,38-39,41-46,48-51,55-57H,7-27,29-37H2,1-6H3. The molecule has 0 aromatic heterocycles. The molecule has 5 rings (SSSR count). The average Bonchev–Trinajstić information content (AvgIpc) is 3.59. The first-order chi connectivity index (χ1) is 28.9. The minimum absolute atomic E-state index is 0.137. The molecule has 7 nitrogen and oxygen atoms in total. The first kappa shape index (κ1) is 50.0. The molecule has 7 heteroatoms. The molecular formula is C53H94O7. The Morgan fingerprint density at radius 1 is 0.733 bits per heavy atom. The fourth-order valence-corrected chi connectivity index (χ4v) is 13.4. The van der Waals surface area contributed by atoms with Gasteiger partial charge in [0.1, 0.15) is 31.0 Å². The number of aliphatic hydroxyl groups is 3. The zero-order valence-electron chi connectivity index (χ0n) is 39.7. The van der Waals surface area contributed by atoms with Gasteiger partial charge in [0.2, 0.25) is 0 Å². The second kappa shape index (κ2) is 24.9. The van der Waals surface area contributed by atoms with Crippen molar-refractivity contribution in [1.29, 1.82) is 0 Å². The lowest BCUT2D eigenvalue weighted by Gasteiger charge is -2.58. The molecule has 0 aromatic rings. The predicted octanol–water partition coefficient (Wildman–Crippen LogP) is 12.8. The van der Waals surface area contributed by atoms with Gasteiger partial charge in [-0.15, -0.1) is 0 Å². The number of aliphatic hydroxyl groups excluding tert-OH is 3. The van der Waals surface area contributed by atoms with Crippen LogP contribution in [0.4, 0.5) is 0 Å². The van der Waals surface area contributed by atoms with Crippen molar-refractivity contribution in [1.82, 2.24) is 0 Å². The van der Waals surface area contributed by atoms with Crippen molar-refractivity contribution < 1.29 is 34.3 Å². The average molecular weight is 843 g/mol. The minimum Gasteiger partial charge on any atom is -0.463 e. The lowest BCUT2D eigenvalue weighted by Crippen LogP contribution is -2.60. The summed E-state index contributed by atoms with van der Waals surface area (Å²) in [5, 5.41) is 32.5. The number of unbranched alkanes of at least 4 members (excludes halogenated alkanes) is 16. The third-order valence-electron chi connectivity index (χ3n) is 17.1. The van der Waals surface area contributed by atoms with Gasteiger partial charge in [0.15, 0.2) is 6.29 Å². The first-order valence-electron chi connectivity index (χ1n) is 26.1. The van der Waals surface area contributed by atoms with Crippen molar-refractivity contribution in [2.75, 3.05) is 6.61 Å². The topological polar surface area (TPSA) is 105 Å². The number of esters is 1. The fourth-order valence-electron chi connectivity index (χ4n) is 13.4. The van der Waals surface area contributed by atoms with Gasteiger partial charge in [-0.2, -0.15) is 0 Å². The van der Waals surface area contributed by atoms with Crippen LogP contribution >= 0.6 is 0 Å². The van der Waals surface area contributed by atoms with E-state index in [2.05, 4.69) is 47.6 Å². The molecule has 13 unspecified atom stereocenters. The van der Waals surface area contributed by atoms with Crippen molar-refractivity contribution >= 4 is 5.97 Å². The van der Waals surface area contributed by atoms with E-state index in [1.165, 1.54) is 140 Å². The number of carbonyl (C=O) groups is 1. The molecule has 4 aliphatic carbocycles. The van der Waals surface area contributed by atoms with Crippen LogP contribution in [0.5, 0.6) is 0 Å². The molecule has 5 aliphatic rings. The molecule has 0 bridgehead atoms. The molecular weight excluding hydrogens is 749 g/mol. The molecule has 13 atom stereocenters. The van der Waals surface area contributed by atoms with Crippen LogP contribution in [0.15, 0.2) is 11.6 Å². The maximum Gasteiger partial charge on any atom is 0.305 e.